The Balaban J connectivity index is 2.53. The number of halogens is 2. The van der Waals surface area contributed by atoms with Crippen molar-refractivity contribution in [1.29, 1.82) is 0 Å². The highest BCUT2D eigenvalue weighted by atomic mass is 35.5. The lowest BCUT2D eigenvalue weighted by Gasteiger charge is -2.05. The van der Waals surface area contributed by atoms with Crippen molar-refractivity contribution in [3.63, 3.8) is 0 Å². The van der Waals surface area contributed by atoms with Crippen molar-refractivity contribution < 1.29 is 4.74 Å². The third-order valence-electron chi connectivity index (χ3n) is 1.51. The summed E-state index contributed by atoms with van der Waals surface area (Å²) in [5, 5.41) is 1.04. The summed E-state index contributed by atoms with van der Waals surface area (Å²) >= 11 is 11.5. The van der Waals surface area contributed by atoms with Crippen LogP contribution in [0.2, 0.25) is 10.0 Å². The molecule has 13 heavy (non-hydrogen) atoms. The minimum absolute atomic E-state index is 0.506. The van der Waals surface area contributed by atoms with Crippen molar-refractivity contribution >= 4 is 23.2 Å². The van der Waals surface area contributed by atoms with Gasteiger partial charge in [-0.1, -0.05) is 23.2 Å². The van der Waals surface area contributed by atoms with Crippen LogP contribution in [0.1, 0.15) is 6.42 Å². The standard InChI is InChI=1S/C9H11Cl2NO/c10-8-3-2-7(6-9(8)11)13-5-1-4-12/h2-3,6H,1,4-5,12H2. The maximum atomic E-state index is 5.79. The minimum Gasteiger partial charge on any atom is -0.493 e. The van der Waals surface area contributed by atoms with E-state index in [0.717, 1.165) is 12.2 Å². The SMILES string of the molecule is NCCCOc1ccc(Cl)c(Cl)c1. The molecule has 0 aliphatic carbocycles. The van der Waals surface area contributed by atoms with Gasteiger partial charge in [-0.15, -0.1) is 0 Å². The topological polar surface area (TPSA) is 35.2 Å². The number of ether oxygens (including phenoxy) is 1. The van der Waals surface area contributed by atoms with E-state index in [-0.39, 0.29) is 0 Å². The molecule has 0 saturated heterocycles. The normalized spacial score (nSPS) is 10.1. The molecular formula is C9H11Cl2NO. The first-order valence-corrected chi connectivity index (χ1v) is 4.77. The fraction of sp³-hybridized carbons (Fsp3) is 0.333. The average molecular weight is 220 g/mol. The molecule has 0 atom stereocenters. The van der Waals surface area contributed by atoms with Crippen LogP contribution >= 0.6 is 23.2 Å². The van der Waals surface area contributed by atoms with E-state index in [1.54, 1.807) is 18.2 Å². The molecule has 0 bridgehead atoms. The van der Waals surface area contributed by atoms with Crippen LogP contribution in [0.4, 0.5) is 0 Å². The molecule has 2 nitrogen and oxygen atoms in total. The summed E-state index contributed by atoms with van der Waals surface area (Å²) in [4.78, 5) is 0. The van der Waals surface area contributed by atoms with E-state index in [9.17, 15) is 0 Å². The molecule has 1 aromatic rings. The van der Waals surface area contributed by atoms with Gasteiger partial charge >= 0.3 is 0 Å². The number of nitrogens with two attached hydrogens (primary N) is 1. The van der Waals surface area contributed by atoms with Crippen LogP contribution in [0.25, 0.3) is 0 Å². The molecule has 0 heterocycles. The Morgan fingerprint density at radius 1 is 1.23 bits per heavy atom. The van der Waals surface area contributed by atoms with Gasteiger partial charge in [0, 0.05) is 6.07 Å². The minimum atomic E-state index is 0.506. The van der Waals surface area contributed by atoms with Crippen molar-refractivity contribution in [2.75, 3.05) is 13.2 Å². The van der Waals surface area contributed by atoms with Crippen LogP contribution in [0.3, 0.4) is 0 Å². The summed E-state index contributed by atoms with van der Waals surface area (Å²) in [6, 6.07) is 5.19. The summed E-state index contributed by atoms with van der Waals surface area (Å²) in [6.07, 6.45) is 0.834. The molecule has 0 spiro atoms. The fourth-order valence-electron chi connectivity index (χ4n) is 0.840. The van der Waals surface area contributed by atoms with Gasteiger partial charge in [0.15, 0.2) is 0 Å². The van der Waals surface area contributed by atoms with Gasteiger partial charge in [0.25, 0.3) is 0 Å². The Kier molecular flexibility index (Phi) is 4.36. The van der Waals surface area contributed by atoms with Crippen molar-refractivity contribution in [2.45, 2.75) is 6.42 Å². The zero-order chi connectivity index (χ0) is 9.68. The molecule has 0 aromatic heterocycles. The Morgan fingerprint density at radius 2 is 2.00 bits per heavy atom. The van der Waals surface area contributed by atoms with Gasteiger partial charge in [0.1, 0.15) is 5.75 Å². The molecule has 0 amide bonds. The zero-order valence-electron chi connectivity index (χ0n) is 7.09. The third kappa shape index (κ3) is 3.43. The van der Waals surface area contributed by atoms with Crippen LogP contribution in [-0.4, -0.2) is 13.2 Å². The monoisotopic (exact) mass is 219 g/mol. The van der Waals surface area contributed by atoms with Crippen LogP contribution in [0, 0.1) is 0 Å². The lowest BCUT2D eigenvalue weighted by atomic mass is 10.3. The highest BCUT2D eigenvalue weighted by molar-refractivity contribution is 6.42. The molecule has 1 rings (SSSR count). The average Bonchev–Trinajstić information content (AvgIpc) is 2.12. The molecule has 2 N–H and O–H groups in total. The van der Waals surface area contributed by atoms with Crippen LogP contribution in [-0.2, 0) is 0 Å². The van der Waals surface area contributed by atoms with E-state index >= 15 is 0 Å². The fourth-order valence-corrected chi connectivity index (χ4v) is 1.13. The van der Waals surface area contributed by atoms with Gasteiger partial charge in [0.2, 0.25) is 0 Å². The van der Waals surface area contributed by atoms with Crippen LogP contribution < -0.4 is 10.5 Å². The highest BCUT2D eigenvalue weighted by Gasteiger charge is 1.99. The lowest BCUT2D eigenvalue weighted by molar-refractivity contribution is 0.313. The Morgan fingerprint density at radius 3 is 2.62 bits per heavy atom. The Bertz CT molecular complexity index is 278. The van der Waals surface area contributed by atoms with Gasteiger partial charge in [-0.25, -0.2) is 0 Å². The number of rotatable bonds is 4. The number of benzene rings is 1. The first kappa shape index (κ1) is 10.6. The maximum absolute atomic E-state index is 5.79. The second-order valence-electron chi connectivity index (χ2n) is 2.57. The second-order valence-corrected chi connectivity index (χ2v) is 3.38. The van der Waals surface area contributed by atoms with E-state index in [1.807, 2.05) is 0 Å². The van der Waals surface area contributed by atoms with Gasteiger partial charge < -0.3 is 10.5 Å². The van der Waals surface area contributed by atoms with E-state index in [1.165, 1.54) is 0 Å². The molecule has 1 aromatic carbocycles. The second kappa shape index (κ2) is 5.32. The van der Waals surface area contributed by atoms with Crippen molar-refractivity contribution in [3.05, 3.63) is 28.2 Å². The maximum Gasteiger partial charge on any atom is 0.120 e. The molecule has 4 heteroatoms. The van der Waals surface area contributed by atoms with Crippen molar-refractivity contribution in [3.8, 4) is 5.75 Å². The summed E-state index contributed by atoms with van der Waals surface area (Å²) in [5.74, 6) is 0.725. The van der Waals surface area contributed by atoms with Crippen molar-refractivity contribution in [1.82, 2.24) is 0 Å². The largest absolute Gasteiger partial charge is 0.493 e. The zero-order valence-corrected chi connectivity index (χ0v) is 8.61. The number of hydrogen-bond acceptors (Lipinski definition) is 2. The third-order valence-corrected chi connectivity index (χ3v) is 2.25. The predicted octanol–water partition coefficient (Wildman–Crippen LogP) is 2.72. The number of hydrogen-bond donors (Lipinski definition) is 1. The quantitative estimate of drug-likeness (QED) is 0.791. The lowest BCUT2D eigenvalue weighted by Crippen LogP contribution is -2.05. The molecule has 0 radical (unpaired) electrons. The Hall–Kier alpha value is -0.440. The molecule has 0 aliphatic heterocycles. The smallest absolute Gasteiger partial charge is 0.120 e. The van der Waals surface area contributed by atoms with E-state index in [0.29, 0.717) is 23.2 Å². The molecular weight excluding hydrogens is 209 g/mol. The highest BCUT2D eigenvalue weighted by Crippen LogP contribution is 2.26. The van der Waals surface area contributed by atoms with Crippen LogP contribution in [0.5, 0.6) is 5.75 Å². The summed E-state index contributed by atoms with van der Waals surface area (Å²) in [5.41, 5.74) is 5.32. The molecule has 72 valence electrons. The van der Waals surface area contributed by atoms with Crippen molar-refractivity contribution in [2.24, 2.45) is 5.73 Å². The molecule has 0 fully saturated rings. The van der Waals surface area contributed by atoms with Gasteiger partial charge in [0.05, 0.1) is 16.7 Å². The van der Waals surface area contributed by atoms with E-state index in [2.05, 4.69) is 0 Å². The summed E-state index contributed by atoms with van der Waals surface area (Å²) in [6.45, 7) is 1.23. The summed E-state index contributed by atoms with van der Waals surface area (Å²) < 4.78 is 5.36. The predicted molar refractivity (Wildman–Crippen MR) is 55.6 cm³/mol. The van der Waals surface area contributed by atoms with Gasteiger partial charge in [-0.3, -0.25) is 0 Å². The molecule has 0 unspecified atom stereocenters. The first-order chi connectivity index (χ1) is 6.24. The van der Waals surface area contributed by atoms with Gasteiger partial charge in [-0.05, 0) is 25.1 Å². The molecule has 0 saturated carbocycles. The Labute approximate surface area is 87.6 Å². The van der Waals surface area contributed by atoms with Crippen LogP contribution in [0.15, 0.2) is 18.2 Å². The molecule has 0 aliphatic rings. The van der Waals surface area contributed by atoms with E-state index < -0.39 is 0 Å². The van der Waals surface area contributed by atoms with Gasteiger partial charge in [-0.2, -0.15) is 0 Å². The first-order valence-electron chi connectivity index (χ1n) is 4.02. The van der Waals surface area contributed by atoms with E-state index in [4.69, 9.17) is 33.7 Å². The summed E-state index contributed by atoms with van der Waals surface area (Å²) in [7, 11) is 0.